The summed E-state index contributed by atoms with van der Waals surface area (Å²) in [6.45, 7) is 0. The van der Waals surface area contributed by atoms with Gasteiger partial charge < -0.3 is 10.1 Å². The van der Waals surface area contributed by atoms with Gasteiger partial charge in [0.2, 0.25) is 0 Å². The quantitative estimate of drug-likeness (QED) is 0.683. The van der Waals surface area contributed by atoms with Crippen LogP contribution >= 0.6 is 0 Å². The third-order valence-corrected chi connectivity index (χ3v) is 4.01. The van der Waals surface area contributed by atoms with Crippen LogP contribution in [0.5, 0.6) is 0 Å². The van der Waals surface area contributed by atoms with Crippen LogP contribution in [0.1, 0.15) is 57.8 Å². The maximum atomic E-state index is 12.1. The Morgan fingerprint density at radius 3 is 2.56 bits per heavy atom. The van der Waals surface area contributed by atoms with Gasteiger partial charge in [-0.15, -0.1) is 0 Å². The average Bonchev–Trinajstić information content (AvgIpc) is 2.30. The molecule has 3 nitrogen and oxygen atoms in total. The molecule has 2 aliphatic carbocycles. The molecule has 0 bridgehead atoms. The molecule has 1 amide bonds. The van der Waals surface area contributed by atoms with E-state index in [9.17, 15) is 4.79 Å². The van der Waals surface area contributed by atoms with E-state index in [1.54, 1.807) is 0 Å². The first-order valence-corrected chi connectivity index (χ1v) is 6.53. The average molecular weight is 221 g/mol. The monoisotopic (exact) mass is 221 g/mol. The Bertz CT molecular complexity index is 340. The van der Waals surface area contributed by atoms with Crippen molar-refractivity contribution < 1.29 is 9.53 Å². The Labute approximate surface area is 96.2 Å². The molecule has 3 aliphatic rings. The Balaban J connectivity index is 1.87. The molecule has 0 unspecified atom stereocenters. The zero-order valence-corrected chi connectivity index (χ0v) is 9.68. The van der Waals surface area contributed by atoms with Crippen LogP contribution in [0, 0.1) is 0 Å². The number of allylic oxidation sites excluding steroid dienone is 1. The van der Waals surface area contributed by atoms with Crippen LogP contribution in [0.3, 0.4) is 0 Å². The summed E-state index contributed by atoms with van der Waals surface area (Å²) in [5.74, 6) is 1.14. The summed E-state index contributed by atoms with van der Waals surface area (Å²) >= 11 is 0. The van der Waals surface area contributed by atoms with Crippen molar-refractivity contribution in [3.05, 3.63) is 11.3 Å². The zero-order valence-electron chi connectivity index (χ0n) is 9.68. The highest BCUT2D eigenvalue weighted by atomic mass is 16.5. The molecule has 0 aromatic carbocycles. The van der Waals surface area contributed by atoms with E-state index in [0.29, 0.717) is 0 Å². The van der Waals surface area contributed by atoms with E-state index in [4.69, 9.17) is 4.74 Å². The molecule has 1 saturated carbocycles. The standard InChI is InChI=1S/C13H19NO2/c15-12-10-6-2-3-7-11(10)16-13(14-12)8-4-1-5-9-13/h1-9H2,(H,14,15). The molecule has 1 heterocycles. The van der Waals surface area contributed by atoms with E-state index < -0.39 is 0 Å². The van der Waals surface area contributed by atoms with Gasteiger partial charge in [-0.05, 0) is 32.1 Å². The molecule has 0 aromatic rings. The van der Waals surface area contributed by atoms with Gasteiger partial charge in [0.25, 0.3) is 5.91 Å². The molecule has 3 heteroatoms. The van der Waals surface area contributed by atoms with Gasteiger partial charge in [-0.25, -0.2) is 0 Å². The summed E-state index contributed by atoms with van der Waals surface area (Å²) < 4.78 is 6.14. The first kappa shape index (κ1) is 10.2. The van der Waals surface area contributed by atoms with Crippen LogP contribution < -0.4 is 5.32 Å². The van der Waals surface area contributed by atoms with Crippen LogP contribution in [-0.2, 0) is 9.53 Å². The number of nitrogens with one attached hydrogen (secondary N) is 1. The highest BCUT2D eigenvalue weighted by Gasteiger charge is 2.41. The van der Waals surface area contributed by atoms with Crippen molar-refractivity contribution in [1.29, 1.82) is 0 Å². The van der Waals surface area contributed by atoms with Crippen LogP contribution in [-0.4, -0.2) is 11.6 Å². The maximum Gasteiger partial charge on any atom is 0.253 e. The fourth-order valence-corrected chi connectivity index (χ4v) is 3.12. The van der Waals surface area contributed by atoms with Gasteiger partial charge in [0, 0.05) is 19.3 Å². The number of rotatable bonds is 0. The molecule has 0 aromatic heterocycles. The Hall–Kier alpha value is -0.990. The van der Waals surface area contributed by atoms with Crippen molar-refractivity contribution in [1.82, 2.24) is 5.32 Å². The lowest BCUT2D eigenvalue weighted by atomic mass is 9.88. The van der Waals surface area contributed by atoms with E-state index in [0.717, 1.165) is 43.4 Å². The molecule has 88 valence electrons. The van der Waals surface area contributed by atoms with Crippen molar-refractivity contribution in [3.63, 3.8) is 0 Å². The first-order chi connectivity index (χ1) is 7.79. The van der Waals surface area contributed by atoms with E-state index >= 15 is 0 Å². The number of carbonyl (C=O) groups excluding carboxylic acids is 1. The van der Waals surface area contributed by atoms with Crippen molar-refractivity contribution in [2.45, 2.75) is 63.5 Å². The largest absolute Gasteiger partial charge is 0.472 e. The van der Waals surface area contributed by atoms with Crippen LogP contribution in [0.25, 0.3) is 0 Å². The molecule has 0 atom stereocenters. The lowest BCUT2D eigenvalue weighted by Gasteiger charge is -2.43. The number of hydrogen-bond donors (Lipinski definition) is 1. The predicted octanol–water partition coefficient (Wildman–Crippen LogP) is 2.62. The molecule has 1 fully saturated rings. The highest BCUT2D eigenvalue weighted by molar-refractivity contribution is 5.95. The van der Waals surface area contributed by atoms with Crippen molar-refractivity contribution in [2.24, 2.45) is 0 Å². The van der Waals surface area contributed by atoms with Crippen LogP contribution in [0.15, 0.2) is 11.3 Å². The minimum Gasteiger partial charge on any atom is -0.472 e. The normalized spacial score (nSPS) is 28.4. The van der Waals surface area contributed by atoms with E-state index in [2.05, 4.69) is 5.32 Å². The second kappa shape index (κ2) is 3.79. The van der Waals surface area contributed by atoms with Gasteiger partial charge in [0.05, 0.1) is 5.57 Å². The Morgan fingerprint density at radius 2 is 1.75 bits per heavy atom. The fraction of sp³-hybridized carbons (Fsp3) is 0.769. The Morgan fingerprint density at radius 1 is 1.00 bits per heavy atom. The second-order valence-electron chi connectivity index (χ2n) is 5.22. The van der Waals surface area contributed by atoms with Gasteiger partial charge in [-0.2, -0.15) is 0 Å². The summed E-state index contributed by atoms with van der Waals surface area (Å²) in [5, 5.41) is 3.11. The summed E-state index contributed by atoms with van der Waals surface area (Å²) in [7, 11) is 0. The minimum atomic E-state index is -0.342. The van der Waals surface area contributed by atoms with E-state index in [-0.39, 0.29) is 11.6 Å². The predicted molar refractivity (Wildman–Crippen MR) is 60.5 cm³/mol. The third-order valence-electron chi connectivity index (χ3n) is 4.01. The fourth-order valence-electron chi connectivity index (χ4n) is 3.12. The highest BCUT2D eigenvalue weighted by Crippen LogP contribution is 2.38. The minimum absolute atomic E-state index is 0.142. The Kier molecular flexibility index (Phi) is 2.41. The molecule has 1 spiro atoms. The third kappa shape index (κ3) is 1.62. The molecule has 1 aliphatic heterocycles. The van der Waals surface area contributed by atoms with Crippen LogP contribution in [0.4, 0.5) is 0 Å². The number of hydrogen-bond acceptors (Lipinski definition) is 2. The molecule has 0 radical (unpaired) electrons. The van der Waals surface area contributed by atoms with Crippen molar-refractivity contribution in [3.8, 4) is 0 Å². The SMILES string of the molecule is O=C1NC2(CCCCC2)OC2=C1CCCC2. The zero-order chi connectivity index (χ0) is 11.0. The molecule has 0 saturated heterocycles. The van der Waals surface area contributed by atoms with Crippen molar-refractivity contribution >= 4 is 5.91 Å². The summed E-state index contributed by atoms with van der Waals surface area (Å²) in [6.07, 6.45) is 9.73. The van der Waals surface area contributed by atoms with Crippen LogP contribution in [0.2, 0.25) is 0 Å². The lowest BCUT2D eigenvalue weighted by Crippen LogP contribution is -2.55. The van der Waals surface area contributed by atoms with Gasteiger partial charge in [-0.1, -0.05) is 6.42 Å². The smallest absolute Gasteiger partial charge is 0.253 e. The van der Waals surface area contributed by atoms with Crippen molar-refractivity contribution in [2.75, 3.05) is 0 Å². The van der Waals surface area contributed by atoms with E-state index in [1.807, 2.05) is 0 Å². The summed E-state index contributed by atoms with van der Waals surface area (Å²) in [5.41, 5.74) is 0.577. The van der Waals surface area contributed by atoms with Gasteiger partial charge >= 0.3 is 0 Å². The number of carbonyl (C=O) groups is 1. The van der Waals surface area contributed by atoms with Gasteiger partial charge in [0.1, 0.15) is 5.76 Å². The molecule has 16 heavy (non-hydrogen) atoms. The molecular weight excluding hydrogens is 202 g/mol. The summed E-state index contributed by atoms with van der Waals surface area (Å²) in [4.78, 5) is 12.1. The molecular formula is C13H19NO2. The number of ether oxygens (including phenoxy) is 1. The first-order valence-electron chi connectivity index (χ1n) is 6.53. The van der Waals surface area contributed by atoms with Gasteiger partial charge in [0.15, 0.2) is 5.72 Å². The number of amides is 1. The molecule has 3 rings (SSSR count). The lowest BCUT2D eigenvalue weighted by molar-refractivity contribution is -0.137. The second-order valence-corrected chi connectivity index (χ2v) is 5.22. The molecule has 1 N–H and O–H groups in total. The van der Waals surface area contributed by atoms with E-state index in [1.165, 1.54) is 25.7 Å². The van der Waals surface area contributed by atoms with Gasteiger partial charge in [-0.3, -0.25) is 4.79 Å². The maximum absolute atomic E-state index is 12.1. The summed E-state index contributed by atoms with van der Waals surface area (Å²) in [6, 6.07) is 0. The topological polar surface area (TPSA) is 38.3 Å².